The first-order chi connectivity index (χ1) is 12.9. The molecule has 142 valence electrons. The van der Waals surface area contributed by atoms with E-state index >= 15 is 0 Å². The van der Waals surface area contributed by atoms with Gasteiger partial charge in [0.05, 0.1) is 27.3 Å². The van der Waals surface area contributed by atoms with Crippen molar-refractivity contribution in [2.24, 2.45) is 0 Å². The minimum absolute atomic E-state index is 0.151. The maximum Gasteiger partial charge on any atom is 0.339 e. The molecule has 2 rings (SSSR count). The van der Waals surface area contributed by atoms with Crippen LogP contribution in [0.2, 0.25) is 0 Å². The van der Waals surface area contributed by atoms with E-state index in [1.807, 2.05) is 30.3 Å². The number of Topliss-reactive ketones (excluding diaryl/α,β-unsaturated/α-hetero) is 1. The number of amides is 1. The van der Waals surface area contributed by atoms with Crippen molar-refractivity contribution < 1.29 is 23.3 Å². The second-order valence-electron chi connectivity index (χ2n) is 5.95. The Hall–Kier alpha value is -2.80. The van der Waals surface area contributed by atoms with Gasteiger partial charge in [0.15, 0.2) is 12.4 Å². The van der Waals surface area contributed by atoms with Gasteiger partial charge in [-0.1, -0.05) is 42.5 Å². The van der Waals surface area contributed by atoms with Crippen LogP contribution >= 0.6 is 0 Å². The number of ether oxygens (including phenoxy) is 1. The summed E-state index contributed by atoms with van der Waals surface area (Å²) in [5.74, 6) is -1.50. The Kier molecular flexibility index (Phi) is 7.43. The van der Waals surface area contributed by atoms with Crippen molar-refractivity contribution in [1.82, 2.24) is 5.32 Å². The summed E-state index contributed by atoms with van der Waals surface area (Å²) in [4.78, 5) is 36.4. The third-order valence-corrected chi connectivity index (χ3v) is 4.83. The lowest BCUT2D eigenvalue weighted by Gasteiger charge is -2.16. The zero-order valence-electron chi connectivity index (χ0n) is 15.1. The topological polar surface area (TPSA) is 89.5 Å². The molecule has 0 bridgehead atoms. The normalized spacial score (nSPS) is 12.7. The van der Waals surface area contributed by atoms with Gasteiger partial charge in [0.25, 0.3) is 5.91 Å². The van der Waals surface area contributed by atoms with Gasteiger partial charge in [-0.15, -0.1) is 0 Å². The predicted octanol–water partition coefficient (Wildman–Crippen LogP) is 1.90. The Morgan fingerprint density at radius 3 is 2.30 bits per heavy atom. The van der Waals surface area contributed by atoms with Crippen LogP contribution in [0.5, 0.6) is 0 Å². The second-order valence-corrected chi connectivity index (χ2v) is 7.29. The molecule has 0 unspecified atom stereocenters. The predicted molar refractivity (Wildman–Crippen MR) is 102 cm³/mol. The van der Waals surface area contributed by atoms with Gasteiger partial charge in [-0.05, 0) is 31.0 Å². The summed E-state index contributed by atoms with van der Waals surface area (Å²) in [5, 5.41) is 2.58. The van der Waals surface area contributed by atoms with Crippen LogP contribution in [0.15, 0.2) is 59.5 Å². The highest BCUT2D eigenvalue weighted by atomic mass is 32.2. The molecule has 0 spiro atoms. The SMILES string of the molecule is CC(=O)[C@@H](Cc1ccccc1)NC(=O)COC(=O)c1ccccc1[S@](C)=O. The number of carbonyl (C=O) groups excluding carboxylic acids is 3. The molecule has 6 nitrogen and oxygen atoms in total. The molecule has 2 atom stereocenters. The smallest absolute Gasteiger partial charge is 0.339 e. The molecule has 0 heterocycles. The van der Waals surface area contributed by atoms with E-state index in [0.29, 0.717) is 11.3 Å². The van der Waals surface area contributed by atoms with Gasteiger partial charge in [0.2, 0.25) is 0 Å². The highest BCUT2D eigenvalue weighted by molar-refractivity contribution is 7.84. The first-order valence-corrected chi connectivity index (χ1v) is 9.87. The summed E-state index contributed by atoms with van der Waals surface area (Å²) >= 11 is 0. The molecule has 0 fully saturated rings. The molecule has 2 aromatic rings. The van der Waals surface area contributed by atoms with E-state index in [0.717, 1.165) is 5.56 Å². The fraction of sp³-hybridized carbons (Fsp3) is 0.250. The Balaban J connectivity index is 1.95. The Morgan fingerprint density at radius 2 is 1.67 bits per heavy atom. The van der Waals surface area contributed by atoms with Crippen molar-refractivity contribution in [1.29, 1.82) is 0 Å². The third kappa shape index (κ3) is 6.14. The summed E-state index contributed by atoms with van der Waals surface area (Å²) < 4.78 is 16.7. The number of benzene rings is 2. The van der Waals surface area contributed by atoms with Gasteiger partial charge in [-0.2, -0.15) is 0 Å². The largest absolute Gasteiger partial charge is 0.452 e. The summed E-state index contributed by atoms with van der Waals surface area (Å²) in [6, 6.07) is 15.0. The number of esters is 1. The molecule has 0 aliphatic heterocycles. The van der Waals surface area contributed by atoms with Gasteiger partial charge in [0.1, 0.15) is 0 Å². The average Bonchev–Trinajstić information content (AvgIpc) is 2.66. The Bertz CT molecular complexity index is 850. The van der Waals surface area contributed by atoms with E-state index in [4.69, 9.17) is 4.74 Å². The van der Waals surface area contributed by atoms with Crippen LogP contribution in [-0.2, 0) is 31.5 Å². The summed E-state index contributed by atoms with van der Waals surface area (Å²) in [5.41, 5.74) is 1.06. The Morgan fingerprint density at radius 1 is 1.04 bits per heavy atom. The van der Waals surface area contributed by atoms with Crippen LogP contribution in [0, 0.1) is 0 Å². The van der Waals surface area contributed by atoms with E-state index in [-0.39, 0.29) is 11.3 Å². The standard InChI is InChI=1S/C20H21NO5S/c1-14(22)17(12-15-8-4-3-5-9-15)21-19(23)13-26-20(24)16-10-6-7-11-18(16)27(2)25/h3-11,17H,12-13H2,1-2H3,(H,21,23)/t17-,27+/m1/s1. The molecular weight excluding hydrogens is 366 g/mol. The number of hydrogen-bond acceptors (Lipinski definition) is 5. The molecule has 0 saturated carbocycles. The van der Waals surface area contributed by atoms with E-state index < -0.39 is 35.3 Å². The van der Waals surface area contributed by atoms with Crippen LogP contribution < -0.4 is 5.32 Å². The van der Waals surface area contributed by atoms with Crippen molar-refractivity contribution in [3.63, 3.8) is 0 Å². The second kappa shape index (κ2) is 9.78. The van der Waals surface area contributed by atoms with Crippen molar-refractivity contribution in [3.8, 4) is 0 Å². The first kappa shape index (κ1) is 20.5. The molecule has 27 heavy (non-hydrogen) atoms. The quantitative estimate of drug-likeness (QED) is 0.699. The molecule has 0 saturated heterocycles. The lowest BCUT2D eigenvalue weighted by atomic mass is 10.0. The Labute approximate surface area is 160 Å². The maximum atomic E-state index is 12.2. The van der Waals surface area contributed by atoms with Gasteiger partial charge in [0, 0.05) is 6.26 Å². The van der Waals surface area contributed by atoms with Crippen molar-refractivity contribution >= 4 is 28.5 Å². The minimum atomic E-state index is -1.36. The average molecular weight is 387 g/mol. The molecule has 0 aliphatic carbocycles. The monoisotopic (exact) mass is 387 g/mol. The number of ketones is 1. The summed E-state index contributed by atoms with van der Waals surface area (Å²) in [7, 11) is -1.36. The summed E-state index contributed by atoms with van der Waals surface area (Å²) in [6.07, 6.45) is 1.81. The first-order valence-electron chi connectivity index (χ1n) is 8.31. The van der Waals surface area contributed by atoms with Crippen LogP contribution in [0.25, 0.3) is 0 Å². The molecule has 1 amide bonds. The minimum Gasteiger partial charge on any atom is -0.452 e. The molecule has 1 N–H and O–H groups in total. The van der Waals surface area contributed by atoms with E-state index in [9.17, 15) is 18.6 Å². The fourth-order valence-corrected chi connectivity index (χ4v) is 3.21. The zero-order valence-corrected chi connectivity index (χ0v) is 16.0. The lowest BCUT2D eigenvalue weighted by Crippen LogP contribution is -2.43. The zero-order chi connectivity index (χ0) is 19.8. The van der Waals surface area contributed by atoms with E-state index in [1.165, 1.54) is 19.2 Å². The van der Waals surface area contributed by atoms with Crippen LogP contribution in [0.1, 0.15) is 22.8 Å². The lowest BCUT2D eigenvalue weighted by molar-refractivity contribution is -0.128. The maximum absolute atomic E-state index is 12.2. The van der Waals surface area contributed by atoms with Crippen LogP contribution in [0.4, 0.5) is 0 Å². The highest BCUT2D eigenvalue weighted by Crippen LogP contribution is 2.13. The molecular formula is C20H21NO5S. The number of rotatable bonds is 8. The van der Waals surface area contributed by atoms with Crippen molar-refractivity contribution in [2.45, 2.75) is 24.3 Å². The molecule has 0 aromatic heterocycles. The van der Waals surface area contributed by atoms with Gasteiger partial charge in [-0.3, -0.25) is 13.8 Å². The van der Waals surface area contributed by atoms with Crippen LogP contribution in [-0.4, -0.2) is 40.8 Å². The number of carbonyl (C=O) groups is 3. The van der Waals surface area contributed by atoms with Gasteiger partial charge in [-0.25, -0.2) is 4.79 Å². The van der Waals surface area contributed by atoms with Gasteiger partial charge >= 0.3 is 5.97 Å². The molecule has 7 heteroatoms. The van der Waals surface area contributed by atoms with E-state index in [1.54, 1.807) is 18.2 Å². The van der Waals surface area contributed by atoms with Crippen LogP contribution in [0.3, 0.4) is 0 Å². The number of hydrogen-bond donors (Lipinski definition) is 1. The highest BCUT2D eigenvalue weighted by Gasteiger charge is 2.20. The summed E-state index contributed by atoms with van der Waals surface area (Å²) in [6.45, 7) is 0.870. The molecule has 0 aliphatic rings. The van der Waals surface area contributed by atoms with Crippen molar-refractivity contribution in [3.05, 3.63) is 65.7 Å². The fourth-order valence-electron chi connectivity index (χ4n) is 2.48. The molecule has 0 radical (unpaired) electrons. The van der Waals surface area contributed by atoms with Gasteiger partial charge < -0.3 is 10.1 Å². The number of nitrogens with one attached hydrogen (secondary N) is 1. The van der Waals surface area contributed by atoms with Crippen molar-refractivity contribution in [2.75, 3.05) is 12.9 Å². The molecule has 2 aromatic carbocycles. The van der Waals surface area contributed by atoms with E-state index in [2.05, 4.69) is 5.32 Å². The third-order valence-electron chi connectivity index (χ3n) is 3.86.